The maximum Gasteiger partial charge on any atom is 0.133 e. The van der Waals surface area contributed by atoms with Gasteiger partial charge in [-0.15, -0.1) is 0 Å². The zero-order valence-corrected chi connectivity index (χ0v) is 10.7. The van der Waals surface area contributed by atoms with Crippen LogP contribution in [-0.4, -0.2) is 29.6 Å². The van der Waals surface area contributed by atoms with E-state index in [-0.39, 0.29) is 6.04 Å². The van der Waals surface area contributed by atoms with Gasteiger partial charge in [0.2, 0.25) is 0 Å². The number of pyridine rings is 1. The Kier molecular flexibility index (Phi) is 3.71. The molecule has 1 fully saturated rings. The van der Waals surface area contributed by atoms with Crippen LogP contribution in [0.2, 0.25) is 0 Å². The SMILES string of the molecule is C[C@H](N)c1cccnc1N(C)C1CCSC1. The van der Waals surface area contributed by atoms with Crippen molar-refractivity contribution in [2.75, 3.05) is 23.5 Å². The predicted molar refractivity (Wildman–Crippen MR) is 71.0 cm³/mol. The smallest absolute Gasteiger partial charge is 0.133 e. The van der Waals surface area contributed by atoms with Crippen molar-refractivity contribution in [2.45, 2.75) is 25.4 Å². The lowest BCUT2D eigenvalue weighted by Gasteiger charge is -2.27. The molecule has 0 radical (unpaired) electrons. The molecular weight excluding hydrogens is 218 g/mol. The molecule has 2 heterocycles. The summed E-state index contributed by atoms with van der Waals surface area (Å²) < 4.78 is 0. The van der Waals surface area contributed by atoms with E-state index in [4.69, 9.17) is 5.73 Å². The van der Waals surface area contributed by atoms with E-state index in [1.165, 1.54) is 17.9 Å². The molecular formula is C12H19N3S. The normalized spacial score (nSPS) is 22.1. The van der Waals surface area contributed by atoms with E-state index in [0.717, 1.165) is 11.4 Å². The quantitative estimate of drug-likeness (QED) is 0.873. The summed E-state index contributed by atoms with van der Waals surface area (Å²) >= 11 is 2.02. The van der Waals surface area contributed by atoms with Gasteiger partial charge in [-0.3, -0.25) is 0 Å². The number of rotatable bonds is 3. The van der Waals surface area contributed by atoms with E-state index in [1.807, 2.05) is 30.9 Å². The molecule has 2 N–H and O–H groups in total. The Balaban J connectivity index is 2.24. The number of hydrogen-bond acceptors (Lipinski definition) is 4. The first-order valence-electron chi connectivity index (χ1n) is 5.71. The summed E-state index contributed by atoms with van der Waals surface area (Å²) in [5.74, 6) is 3.51. The van der Waals surface area contributed by atoms with E-state index >= 15 is 0 Å². The molecule has 16 heavy (non-hydrogen) atoms. The van der Waals surface area contributed by atoms with Crippen LogP contribution in [-0.2, 0) is 0 Å². The second-order valence-electron chi connectivity index (χ2n) is 4.33. The first-order chi connectivity index (χ1) is 7.70. The van der Waals surface area contributed by atoms with Crippen molar-refractivity contribution >= 4 is 17.6 Å². The molecule has 3 nitrogen and oxygen atoms in total. The van der Waals surface area contributed by atoms with Gasteiger partial charge < -0.3 is 10.6 Å². The number of anilines is 1. The fraction of sp³-hybridized carbons (Fsp3) is 0.583. The predicted octanol–water partition coefficient (Wildman–Crippen LogP) is 2.04. The van der Waals surface area contributed by atoms with Gasteiger partial charge >= 0.3 is 0 Å². The van der Waals surface area contributed by atoms with Crippen molar-refractivity contribution in [1.82, 2.24) is 4.98 Å². The third-order valence-electron chi connectivity index (χ3n) is 3.09. The van der Waals surface area contributed by atoms with Crippen LogP contribution in [0.3, 0.4) is 0 Å². The number of thioether (sulfide) groups is 1. The van der Waals surface area contributed by atoms with Crippen molar-refractivity contribution in [2.24, 2.45) is 5.73 Å². The van der Waals surface area contributed by atoms with Gasteiger partial charge in [0.1, 0.15) is 5.82 Å². The Hall–Kier alpha value is -0.740. The van der Waals surface area contributed by atoms with Crippen molar-refractivity contribution in [3.05, 3.63) is 23.9 Å². The monoisotopic (exact) mass is 237 g/mol. The highest BCUT2D eigenvalue weighted by Gasteiger charge is 2.23. The Bertz CT molecular complexity index is 348. The Morgan fingerprint density at radius 3 is 3.06 bits per heavy atom. The summed E-state index contributed by atoms with van der Waals surface area (Å²) in [5.41, 5.74) is 7.12. The van der Waals surface area contributed by atoms with Crippen molar-refractivity contribution in [3.8, 4) is 0 Å². The van der Waals surface area contributed by atoms with Gasteiger partial charge in [0.15, 0.2) is 0 Å². The van der Waals surface area contributed by atoms with Gasteiger partial charge in [0.05, 0.1) is 0 Å². The molecule has 0 bridgehead atoms. The van der Waals surface area contributed by atoms with E-state index in [2.05, 4.69) is 23.0 Å². The summed E-state index contributed by atoms with van der Waals surface area (Å²) in [7, 11) is 2.13. The lowest BCUT2D eigenvalue weighted by atomic mass is 10.1. The van der Waals surface area contributed by atoms with Crippen LogP contribution < -0.4 is 10.6 Å². The number of nitrogens with zero attached hydrogens (tertiary/aromatic N) is 2. The van der Waals surface area contributed by atoms with Crippen molar-refractivity contribution < 1.29 is 0 Å². The average molecular weight is 237 g/mol. The second-order valence-corrected chi connectivity index (χ2v) is 5.48. The zero-order valence-electron chi connectivity index (χ0n) is 9.89. The Labute approximate surface area is 101 Å². The van der Waals surface area contributed by atoms with Gasteiger partial charge in [-0.05, 0) is 25.2 Å². The van der Waals surface area contributed by atoms with E-state index in [1.54, 1.807) is 0 Å². The highest BCUT2D eigenvalue weighted by Crippen LogP contribution is 2.28. The summed E-state index contributed by atoms with van der Waals surface area (Å²) in [4.78, 5) is 6.77. The molecule has 2 rings (SSSR count). The first-order valence-corrected chi connectivity index (χ1v) is 6.86. The van der Waals surface area contributed by atoms with Crippen LogP contribution in [0.5, 0.6) is 0 Å². The molecule has 0 aliphatic carbocycles. The molecule has 1 aromatic rings. The highest BCUT2D eigenvalue weighted by atomic mass is 32.2. The molecule has 1 aliphatic heterocycles. The molecule has 4 heteroatoms. The second kappa shape index (κ2) is 5.06. The van der Waals surface area contributed by atoms with Crippen molar-refractivity contribution in [3.63, 3.8) is 0 Å². The molecule has 0 amide bonds. The summed E-state index contributed by atoms with van der Waals surface area (Å²) in [5, 5.41) is 0. The minimum atomic E-state index is 0.0419. The fourth-order valence-electron chi connectivity index (χ4n) is 2.06. The van der Waals surface area contributed by atoms with Crippen LogP contribution in [0, 0.1) is 0 Å². The lowest BCUT2D eigenvalue weighted by Crippen LogP contribution is -2.33. The molecule has 0 spiro atoms. The number of aromatic nitrogens is 1. The van der Waals surface area contributed by atoms with Crippen LogP contribution >= 0.6 is 11.8 Å². The van der Waals surface area contributed by atoms with Gasteiger partial charge in [-0.2, -0.15) is 11.8 Å². The topological polar surface area (TPSA) is 42.1 Å². The fourth-order valence-corrected chi connectivity index (χ4v) is 3.33. The van der Waals surface area contributed by atoms with E-state index < -0.39 is 0 Å². The van der Waals surface area contributed by atoms with Crippen LogP contribution in [0.1, 0.15) is 24.9 Å². The lowest BCUT2D eigenvalue weighted by molar-refractivity contribution is 0.680. The molecule has 0 aromatic carbocycles. The van der Waals surface area contributed by atoms with Gasteiger partial charge in [0, 0.05) is 36.6 Å². The first kappa shape index (κ1) is 11.7. The molecule has 0 saturated carbocycles. The van der Waals surface area contributed by atoms with Crippen LogP contribution in [0.15, 0.2) is 18.3 Å². The van der Waals surface area contributed by atoms with Gasteiger partial charge in [0.25, 0.3) is 0 Å². The maximum absolute atomic E-state index is 5.98. The Morgan fingerprint density at radius 1 is 1.62 bits per heavy atom. The standard InChI is InChI=1S/C12H19N3S/c1-9(13)11-4-3-6-14-12(11)15(2)10-5-7-16-8-10/h3-4,6,9-10H,5,7-8,13H2,1-2H3/t9-,10?/m0/s1. The average Bonchev–Trinajstić information content (AvgIpc) is 2.81. The van der Waals surface area contributed by atoms with Gasteiger partial charge in [-0.25, -0.2) is 4.98 Å². The summed E-state index contributed by atoms with van der Waals surface area (Å²) in [6, 6.07) is 4.68. The third-order valence-corrected chi connectivity index (χ3v) is 4.24. The Morgan fingerprint density at radius 2 is 2.44 bits per heavy atom. The van der Waals surface area contributed by atoms with Crippen LogP contribution in [0.4, 0.5) is 5.82 Å². The molecule has 88 valence electrons. The van der Waals surface area contributed by atoms with Crippen LogP contribution in [0.25, 0.3) is 0 Å². The minimum absolute atomic E-state index is 0.0419. The summed E-state index contributed by atoms with van der Waals surface area (Å²) in [6.07, 6.45) is 3.09. The molecule has 1 unspecified atom stereocenters. The minimum Gasteiger partial charge on any atom is -0.356 e. The van der Waals surface area contributed by atoms with E-state index in [0.29, 0.717) is 6.04 Å². The third kappa shape index (κ3) is 2.33. The van der Waals surface area contributed by atoms with Crippen molar-refractivity contribution in [1.29, 1.82) is 0 Å². The summed E-state index contributed by atoms with van der Waals surface area (Å²) in [6.45, 7) is 2.01. The molecule has 1 aliphatic rings. The maximum atomic E-state index is 5.98. The highest BCUT2D eigenvalue weighted by molar-refractivity contribution is 7.99. The van der Waals surface area contributed by atoms with E-state index in [9.17, 15) is 0 Å². The zero-order chi connectivity index (χ0) is 11.5. The molecule has 1 saturated heterocycles. The molecule has 1 aromatic heterocycles. The molecule has 2 atom stereocenters. The van der Waals surface area contributed by atoms with Gasteiger partial charge in [-0.1, -0.05) is 6.07 Å². The number of nitrogens with two attached hydrogens (primary N) is 1. The largest absolute Gasteiger partial charge is 0.356 e. The number of hydrogen-bond donors (Lipinski definition) is 1.